The molecule has 0 saturated heterocycles. The van der Waals surface area contributed by atoms with Gasteiger partial charge in [0.05, 0.1) is 11.1 Å². The van der Waals surface area contributed by atoms with E-state index in [0.29, 0.717) is 19.3 Å². The maximum atomic E-state index is 12.6. The number of thiocarbonyl (C=S) groups is 1. The maximum absolute atomic E-state index is 12.6. The Morgan fingerprint density at radius 3 is 2.30 bits per heavy atom. The van der Waals surface area contributed by atoms with Crippen molar-refractivity contribution < 1.29 is 19.2 Å². The highest BCUT2D eigenvalue weighted by Gasteiger charge is 2.27. The number of aryl methyl sites for hydroxylation is 1. The number of benzene rings is 2. The van der Waals surface area contributed by atoms with Crippen molar-refractivity contribution in [3.05, 3.63) is 64.7 Å². The lowest BCUT2D eigenvalue weighted by Crippen LogP contribution is -2.47. The summed E-state index contributed by atoms with van der Waals surface area (Å²) in [5.41, 5.74) is 5.04. The zero-order valence-corrected chi connectivity index (χ0v) is 20.1. The number of hydrogen-bond acceptors (Lipinski definition) is 6. The molecule has 3 amide bonds. The summed E-state index contributed by atoms with van der Waals surface area (Å²) in [7, 11) is 3.38. The molecule has 176 valence electrons. The standard InChI is InChI=1S/C16H19N3O4S.C8H11N/c1-3-14(15(22)18-9-21)19(2)16(23)13-5-4-11(7-17-10-24)6-12(13)8-20;1-7-3-5-8(9-2)6-4-7/h4-6,8-10,14H,3,7H2,1-2H3,(H,17,24)(H,18,21,22);3-6,9H,1-2H3. The van der Waals surface area contributed by atoms with E-state index >= 15 is 0 Å². The molecule has 1 atom stereocenters. The first-order valence-corrected chi connectivity index (χ1v) is 10.8. The zero-order valence-electron chi connectivity index (χ0n) is 19.3. The third-order valence-corrected chi connectivity index (χ3v) is 5.05. The minimum atomic E-state index is -0.807. The third kappa shape index (κ3) is 8.46. The normalized spacial score (nSPS) is 10.5. The second-order valence-corrected chi connectivity index (χ2v) is 7.36. The molecule has 33 heavy (non-hydrogen) atoms. The summed E-state index contributed by atoms with van der Waals surface area (Å²) in [6.07, 6.45) is 1.20. The van der Waals surface area contributed by atoms with E-state index in [2.05, 4.69) is 54.0 Å². The van der Waals surface area contributed by atoms with Crippen LogP contribution < -0.4 is 16.0 Å². The van der Waals surface area contributed by atoms with E-state index in [1.54, 1.807) is 19.1 Å². The first-order chi connectivity index (χ1) is 15.8. The molecular formula is C24H30N4O4S. The number of imide groups is 1. The molecule has 1 unspecified atom stereocenters. The molecule has 9 heteroatoms. The van der Waals surface area contributed by atoms with Gasteiger partial charge in [0.15, 0.2) is 6.29 Å². The quantitative estimate of drug-likeness (QED) is 0.362. The summed E-state index contributed by atoms with van der Waals surface area (Å²) in [5, 5.41) is 7.93. The number of aldehydes is 1. The molecule has 0 heterocycles. The molecule has 3 N–H and O–H groups in total. The fourth-order valence-electron chi connectivity index (χ4n) is 3.02. The SMILES string of the molecule is CCC(C(=O)NC=O)N(C)C(=O)c1ccc(CNC=S)cc1C=O.CNc1ccc(C)cc1. The molecule has 0 spiro atoms. The van der Waals surface area contributed by atoms with Crippen LogP contribution in [-0.2, 0) is 16.1 Å². The second-order valence-electron chi connectivity index (χ2n) is 7.12. The minimum Gasteiger partial charge on any atom is -0.388 e. The van der Waals surface area contributed by atoms with Crippen LogP contribution in [0.5, 0.6) is 0 Å². The molecule has 0 aromatic heterocycles. The smallest absolute Gasteiger partial charge is 0.255 e. The van der Waals surface area contributed by atoms with E-state index in [-0.39, 0.29) is 17.5 Å². The number of likely N-dealkylation sites (N-methyl/N-ethyl adjacent to an activating group) is 1. The van der Waals surface area contributed by atoms with Gasteiger partial charge in [0.2, 0.25) is 12.3 Å². The molecule has 0 fully saturated rings. The van der Waals surface area contributed by atoms with Crippen LogP contribution in [0.2, 0.25) is 0 Å². The number of carbonyl (C=O) groups is 4. The van der Waals surface area contributed by atoms with Gasteiger partial charge in [-0.25, -0.2) is 0 Å². The number of nitrogens with one attached hydrogen (secondary N) is 3. The fraction of sp³-hybridized carbons (Fsp3) is 0.292. The van der Waals surface area contributed by atoms with Crippen LogP contribution in [0.15, 0.2) is 42.5 Å². The Balaban J connectivity index is 0.000000502. The number of hydrogen-bond donors (Lipinski definition) is 3. The zero-order chi connectivity index (χ0) is 24.8. The highest BCUT2D eigenvalue weighted by Crippen LogP contribution is 2.15. The summed E-state index contributed by atoms with van der Waals surface area (Å²) in [5.74, 6) is -1.04. The average molecular weight is 471 g/mol. The first kappa shape index (κ1) is 27.4. The predicted octanol–water partition coefficient (Wildman–Crippen LogP) is 2.71. The number of anilines is 1. The minimum absolute atomic E-state index is 0.191. The van der Waals surface area contributed by atoms with E-state index in [9.17, 15) is 19.2 Å². The lowest BCUT2D eigenvalue weighted by Gasteiger charge is -2.26. The van der Waals surface area contributed by atoms with Gasteiger partial charge in [-0.2, -0.15) is 0 Å². The van der Waals surface area contributed by atoms with E-state index in [0.717, 1.165) is 5.56 Å². The van der Waals surface area contributed by atoms with Crippen molar-refractivity contribution in [2.45, 2.75) is 32.9 Å². The van der Waals surface area contributed by atoms with Crippen molar-refractivity contribution in [3.63, 3.8) is 0 Å². The lowest BCUT2D eigenvalue weighted by atomic mass is 10.0. The van der Waals surface area contributed by atoms with E-state index in [1.165, 1.54) is 34.8 Å². The number of amides is 3. The number of rotatable bonds is 10. The molecule has 8 nitrogen and oxygen atoms in total. The van der Waals surface area contributed by atoms with Gasteiger partial charge in [-0.05, 0) is 43.2 Å². The van der Waals surface area contributed by atoms with Crippen molar-refractivity contribution in [1.82, 2.24) is 15.5 Å². The van der Waals surface area contributed by atoms with Gasteiger partial charge in [0.1, 0.15) is 6.04 Å². The molecule has 2 aromatic rings. The van der Waals surface area contributed by atoms with Crippen molar-refractivity contribution in [3.8, 4) is 0 Å². The Morgan fingerprint density at radius 1 is 1.12 bits per heavy atom. The molecule has 2 aromatic carbocycles. The average Bonchev–Trinajstić information content (AvgIpc) is 2.83. The highest BCUT2D eigenvalue weighted by molar-refractivity contribution is 7.78. The van der Waals surface area contributed by atoms with Crippen molar-refractivity contribution in [2.24, 2.45) is 0 Å². The van der Waals surface area contributed by atoms with Crippen molar-refractivity contribution in [1.29, 1.82) is 0 Å². The van der Waals surface area contributed by atoms with Gasteiger partial charge in [-0.1, -0.05) is 42.9 Å². The Hall–Kier alpha value is -3.59. The summed E-state index contributed by atoms with van der Waals surface area (Å²) in [4.78, 5) is 47.4. The van der Waals surface area contributed by atoms with Crippen molar-refractivity contribution in [2.75, 3.05) is 19.4 Å². The largest absolute Gasteiger partial charge is 0.388 e. The molecule has 0 aliphatic carbocycles. The molecule has 0 saturated carbocycles. The lowest BCUT2D eigenvalue weighted by molar-refractivity contribution is -0.128. The Labute approximate surface area is 199 Å². The van der Waals surface area contributed by atoms with Crippen LogP contribution >= 0.6 is 12.2 Å². The van der Waals surface area contributed by atoms with Gasteiger partial charge in [0.25, 0.3) is 5.91 Å². The van der Waals surface area contributed by atoms with Crippen LogP contribution in [-0.4, -0.2) is 55.0 Å². The van der Waals surface area contributed by atoms with Crippen LogP contribution in [0.1, 0.15) is 45.2 Å². The van der Waals surface area contributed by atoms with E-state index < -0.39 is 17.9 Å². The highest BCUT2D eigenvalue weighted by atomic mass is 32.1. The molecule has 0 radical (unpaired) electrons. The van der Waals surface area contributed by atoms with Crippen LogP contribution in [0, 0.1) is 6.92 Å². The number of carbonyl (C=O) groups excluding carboxylic acids is 4. The topological polar surface area (TPSA) is 108 Å². The summed E-state index contributed by atoms with van der Waals surface area (Å²) in [6, 6.07) is 12.3. The van der Waals surface area contributed by atoms with E-state index in [4.69, 9.17) is 0 Å². The van der Waals surface area contributed by atoms with Crippen LogP contribution in [0.3, 0.4) is 0 Å². The van der Waals surface area contributed by atoms with Gasteiger partial charge in [0, 0.05) is 31.9 Å². The summed E-state index contributed by atoms with van der Waals surface area (Å²) in [6.45, 7) is 4.24. The summed E-state index contributed by atoms with van der Waals surface area (Å²) < 4.78 is 0. The second kappa shape index (κ2) is 14.5. The van der Waals surface area contributed by atoms with Gasteiger partial charge < -0.3 is 15.5 Å². The van der Waals surface area contributed by atoms with Gasteiger partial charge in [-0.15, -0.1) is 0 Å². The maximum Gasteiger partial charge on any atom is 0.255 e. The molecule has 0 bridgehead atoms. The Kier molecular flexibility index (Phi) is 12.0. The monoisotopic (exact) mass is 470 g/mol. The molecule has 2 rings (SSSR count). The Morgan fingerprint density at radius 2 is 1.79 bits per heavy atom. The van der Waals surface area contributed by atoms with Gasteiger partial charge in [-0.3, -0.25) is 24.5 Å². The Bertz CT molecular complexity index is 963. The molecular weight excluding hydrogens is 440 g/mol. The summed E-state index contributed by atoms with van der Waals surface area (Å²) >= 11 is 4.67. The van der Waals surface area contributed by atoms with E-state index in [1.807, 2.05) is 12.4 Å². The predicted molar refractivity (Wildman–Crippen MR) is 133 cm³/mol. The van der Waals surface area contributed by atoms with Gasteiger partial charge >= 0.3 is 0 Å². The number of nitrogens with zero attached hydrogens (tertiary/aromatic N) is 1. The molecule has 0 aliphatic rings. The third-order valence-electron chi connectivity index (χ3n) is 4.88. The van der Waals surface area contributed by atoms with Crippen LogP contribution in [0.4, 0.5) is 5.69 Å². The molecule has 0 aliphatic heterocycles. The van der Waals surface area contributed by atoms with Crippen LogP contribution in [0.25, 0.3) is 0 Å². The van der Waals surface area contributed by atoms with Crippen molar-refractivity contribution >= 4 is 47.9 Å². The first-order valence-electron chi connectivity index (χ1n) is 10.3. The fourth-order valence-corrected chi connectivity index (χ4v) is 3.10.